The molecule has 5 heterocycles. The van der Waals surface area contributed by atoms with Crippen molar-refractivity contribution in [2.45, 2.75) is 77.3 Å². The summed E-state index contributed by atoms with van der Waals surface area (Å²) in [6, 6.07) is 22.0. The first-order valence-electron chi connectivity index (χ1n) is 21.1. The van der Waals surface area contributed by atoms with Gasteiger partial charge in [0, 0.05) is 48.9 Å². The summed E-state index contributed by atoms with van der Waals surface area (Å²) in [5.41, 5.74) is 1.64. The quantitative estimate of drug-likeness (QED) is 0.147. The van der Waals surface area contributed by atoms with E-state index in [1.807, 2.05) is 56.8 Å². The topological polar surface area (TPSA) is 111 Å². The van der Waals surface area contributed by atoms with Crippen molar-refractivity contribution in [3.63, 3.8) is 0 Å². The lowest BCUT2D eigenvalue weighted by Gasteiger charge is -2.33. The predicted octanol–water partition coefficient (Wildman–Crippen LogP) is 9.94. The molecule has 3 aliphatic heterocycles. The van der Waals surface area contributed by atoms with Crippen molar-refractivity contribution in [2.24, 2.45) is 20.0 Å². The number of amides is 2. The lowest BCUT2D eigenvalue weighted by molar-refractivity contribution is -0.139. The van der Waals surface area contributed by atoms with Crippen molar-refractivity contribution in [3.8, 4) is 0 Å². The number of carbonyl (C=O) groups is 2. The van der Waals surface area contributed by atoms with Crippen LogP contribution in [0.2, 0.25) is 0 Å². The molecule has 64 heavy (non-hydrogen) atoms. The minimum atomic E-state index is -4.51. The molecule has 6 aromatic rings. The number of hydrogen-bond donors (Lipinski definition) is 0. The van der Waals surface area contributed by atoms with Gasteiger partial charge < -0.3 is 23.7 Å². The van der Waals surface area contributed by atoms with Crippen LogP contribution in [0.15, 0.2) is 97.6 Å². The molecule has 11 nitrogen and oxygen atoms in total. The molecule has 0 bridgehead atoms. The molecule has 17 heteroatoms. The van der Waals surface area contributed by atoms with Gasteiger partial charge in [0.15, 0.2) is 0 Å². The molecule has 1 aliphatic carbocycles. The fourth-order valence-electron chi connectivity index (χ4n) is 7.89. The van der Waals surface area contributed by atoms with Crippen LogP contribution in [0.25, 0.3) is 0 Å². The second-order valence-electron chi connectivity index (χ2n) is 15.7. The molecule has 0 radical (unpaired) electrons. The highest BCUT2D eigenvalue weighted by Gasteiger charge is 2.41. The second-order valence-corrected chi connectivity index (χ2v) is 15.7. The number of hydrogen-bond acceptors (Lipinski definition) is 7. The van der Waals surface area contributed by atoms with Gasteiger partial charge >= 0.3 is 12.4 Å². The van der Waals surface area contributed by atoms with E-state index >= 15 is 0 Å². The van der Waals surface area contributed by atoms with Crippen LogP contribution in [0.4, 0.5) is 37.7 Å². The lowest BCUT2D eigenvalue weighted by atomic mass is 9.83. The summed E-state index contributed by atoms with van der Waals surface area (Å²) in [7, 11) is 3.70. The Morgan fingerprint density at radius 1 is 0.656 bits per heavy atom. The van der Waals surface area contributed by atoms with E-state index < -0.39 is 35.3 Å². The molecular formula is C47H48F6N8O3. The van der Waals surface area contributed by atoms with Gasteiger partial charge in [-0.15, -0.1) is 20.4 Å². The average Bonchev–Trinajstić information content (AvgIpc) is 4.01. The van der Waals surface area contributed by atoms with Crippen molar-refractivity contribution < 1.29 is 40.7 Å². The number of alkyl halides is 6. The predicted molar refractivity (Wildman–Crippen MR) is 228 cm³/mol. The van der Waals surface area contributed by atoms with Crippen LogP contribution in [0.3, 0.4) is 0 Å². The highest BCUT2D eigenvalue weighted by atomic mass is 19.4. The minimum Gasteiger partial charge on any atom is -0.381 e. The molecule has 1 atom stereocenters. The Morgan fingerprint density at radius 2 is 1.16 bits per heavy atom. The smallest absolute Gasteiger partial charge is 0.381 e. The molecular weight excluding hydrogens is 839 g/mol. The Hall–Kier alpha value is -6.36. The summed E-state index contributed by atoms with van der Waals surface area (Å²) in [5, 5.41) is 16.1. The first-order chi connectivity index (χ1) is 30.7. The third-order valence-corrected chi connectivity index (χ3v) is 11.6. The van der Waals surface area contributed by atoms with Crippen LogP contribution in [-0.4, -0.2) is 54.6 Å². The molecule has 2 aromatic heterocycles. The Balaban J connectivity index is 0.000000171. The summed E-state index contributed by atoms with van der Waals surface area (Å²) in [4.78, 5) is 28.4. The standard InChI is InChI=1S/C22H19F3N4O2.C19H15F3N4O.C4H8.C2H6/c1-28-12-26-27-20(28)19(14-10-31-11-14)13-4-2-5-15(8-13)29-9-17-16(21(29)30)6-3-7-18(17)22(23,24)25;1-25-11-23-24-17(25)9-12-4-2-5-13(8-12)26-10-15-14(18(26)27)6-3-7-16(15)19(20,21)22;1-2-4-3-1;1-2/h2-8,12,14,19H,9-11H2,1H3;2-8,11H,9-10H2,1H3;1-4H2;1-2H3. The number of aryl methyl sites for hydroxylation is 2. The molecule has 10 rings (SSSR count). The van der Waals surface area contributed by atoms with Crippen molar-refractivity contribution in [1.82, 2.24) is 29.5 Å². The zero-order valence-electron chi connectivity index (χ0n) is 35.8. The molecule has 0 N–H and O–H groups in total. The van der Waals surface area contributed by atoms with Gasteiger partial charge in [0.1, 0.15) is 24.3 Å². The molecule has 1 saturated carbocycles. The third-order valence-electron chi connectivity index (χ3n) is 11.6. The van der Waals surface area contributed by atoms with Gasteiger partial charge in [-0.1, -0.05) is 75.9 Å². The number of nitrogens with zero attached hydrogens (tertiary/aromatic N) is 8. The lowest BCUT2D eigenvalue weighted by Crippen LogP contribution is -2.35. The van der Waals surface area contributed by atoms with Gasteiger partial charge in [-0.3, -0.25) is 9.59 Å². The van der Waals surface area contributed by atoms with E-state index in [-0.39, 0.29) is 47.2 Å². The molecule has 1 unspecified atom stereocenters. The number of aromatic nitrogens is 6. The van der Waals surface area contributed by atoms with Crippen molar-refractivity contribution in [3.05, 3.63) is 154 Å². The Morgan fingerprint density at radius 3 is 1.61 bits per heavy atom. The largest absolute Gasteiger partial charge is 0.416 e. The van der Waals surface area contributed by atoms with Crippen LogP contribution >= 0.6 is 0 Å². The van der Waals surface area contributed by atoms with E-state index in [9.17, 15) is 35.9 Å². The van der Waals surface area contributed by atoms with E-state index in [1.165, 1.54) is 59.7 Å². The maximum Gasteiger partial charge on any atom is 0.416 e. The molecule has 2 fully saturated rings. The fourth-order valence-corrected chi connectivity index (χ4v) is 7.89. The van der Waals surface area contributed by atoms with E-state index in [0.29, 0.717) is 31.0 Å². The maximum atomic E-state index is 13.4. The second kappa shape index (κ2) is 19.2. The van der Waals surface area contributed by atoms with Gasteiger partial charge in [-0.05, 0) is 70.8 Å². The zero-order valence-corrected chi connectivity index (χ0v) is 35.8. The van der Waals surface area contributed by atoms with Gasteiger partial charge in [0.2, 0.25) is 0 Å². The molecule has 336 valence electrons. The first kappa shape index (κ1) is 45.7. The number of rotatable bonds is 7. The highest BCUT2D eigenvalue weighted by Crippen LogP contribution is 2.42. The SMILES string of the molecule is C1CCC1.CC.Cn1cnnc1C(c1cccc(N2Cc3c(cccc3C(F)(F)F)C2=O)c1)C1COC1.Cn1cnnc1Cc1cccc(N2Cc3c(cccc3C(F)(F)F)C2=O)c1. The molecule has 0 spiro atoms. The monoisotopic (exact) mass is 886 g/mol. The van der Waals surface area contributed by atoms with Gasteiger partial charge in [0.25, 0.3) is 11.8 Å². The van der Waals surface area contributed by atoms with E-state index in [4.69, 9.17) is 4.74 Å². The number of anilines is 2. The van der Waals surface area contributed by atoms with E-state index in [0.717, 1.165) is 34.9 Å². The molecule has 1 saturated heterocycles. The van der Waals surface area contributed by atoms with Crippen molar-refractivity contribution in [2.75, 3.05) is 23.0 Å². The van der Waals surface area contributed by atoms with Gasteiger partial charge in [0.05, 0.1) is 43.3 Å². The molecule has 4 aromatic carbocycles. The Kier molecular flexibility index (Phi) is 13.7. The van der Waals surface area contributed by atoms with Crippen LogP contribution < -0.4 is 9.80 Å². The third kappa shape index (κ3) is 9.59. The summed E-state index contributed by atoms with van der Waals surface area (Å²) in [6.07, 6.45) is 0.731. The summed E-state index contributed by atoms with van der Waals surface area (Å²) >= 11 is 0. The highest BCUT2D eigenvalue weighted by molar-refractivity contribution is 6.11. The van der Waals surface area contributed by atoms with E-state index in [1.54, 1.807) is 41.5 Å². The molecule has 4 aliphatic rings. The average molecular weight is 887 g/mol. The molecule has 2 amide bonds. The van der Waals surface area contributed by atoms with Crippen LogP contribution in [0.1, 0.15) is 111 Å². The summed E-state index contributed by atoms with van der Waals surface area (Å²) < 4.78 is 89.2. The van der Waals surface area contributed by atoms with Crippen molar-refractivity contribution in [1.29, 1.82) is 0 Å². The summed E-state index contributed by atoms with van der Waals surface area (Å²) in [6.45, 7) is 4.96. The van der Waals surface area contributed by atoms with Gasteiger partial charge in [-0.2, -0.15) is 26.3 Å². The maximum absolute atomic E-state index is 13.4. The fraction of sp³-hybridized carbons (Fsp3) is 0.362. The normalized spacial score (nSPS) is 16.0. The Labute approximate surface area is 366 Å². The number of benzene rings is 4. The van der Waals surface area contributed by atoms with Crippen molar-refractivity contribution >= 4 is 23.2 Å². The van der Waals surface area contributed by atoms with Crippen LogP contribution in [-0.2, 0) is 50.7 Å². The number of halogens is 6. The minimum absolute atomic E-state index is 0.0163. The van der Waals surface area contributed by atoms with Crippen LogP contribution in [0, 0.1) is 5.92 Å². The van der Waals surface area contributed by atoms with Crippen LogP contribution in [0.5, 0.6) is 0 Å². The first-order valence-corrected chi connectivity index (χ1v) is 21.1. The number of carbonyl (C=O) groups excluding carboxylic acids is 2. The summed E-state index contributed by atoms with van der Waals surface area (Å²) in [5.74, 6) is 0.796. The Bertz CT molecular complexity index is 2590. The van der Waals surface area contributed by atoms with E-state index in [2.05, 4.69) is 20.4 Å². The number of ether oxygens (including phenoxy) is 1. The zero-order chi connectivity index (χ0) is 45.8. The van der Waals surface area contributed by atoms with Gasteiger partial charge in [-0.25, -0.2) is 0 Å². The number of fused-ring (bicyclic) bond motifs is 2.